The number of benzene rings is 1. The molecule has 1 saturated carbocycles. The lowest BCUT2D eigenvalue weighted by Crippen LogP contribution is -2.56. The molecule has 1 aromatic carbocycles. The molecule has 3 aliphatic rings. The standard InChI is InChI=1S/C25H27ClN2O4S/c26-18-12-11-17(33-18)21-19-20(23(30)28(22(19)29)14-16-9-5-2-6-10-16)25(27-21,24(31)32)13-15-7-3-1-4-8-15/h2,5-6,9-12,15,19-21,27H,1,3-4,7-8,13-14H2,(H,31,32). The molecule has 2 aliphatic heterocycles. The van der Waals surface area contributed by atoms with Crippen molar-refractivity contribution in [3.05, 3.63) is 57.2 Å². The molecule has 174 valence electrons. The van der Waals surface area contributed by atoms with Gasteiger partial charge in [0.15, 0.2) is 0 Å². The Hall–Kier alpha value is -2.22. The number of carbonyl (C=O) groups excluding carboxylic acids is 2. The summed E-state index contributed by atoms with van der Waals surface area (Å²) in [5.74, 6) is -3.20. The molecule has 2 amide bonds. The number of nitrogens with one attached hydrogen (secondary N) is 1. The second kappa shape index (κ2) is 8.85. The molecule has 2 aromatic rings. The van der Waals surface area contributed by atoms with E-state index in [1.807, 2.05) is 36.4 Å². The van der Waals surface area contributed by atoms with Gasteiger partial charge in [-0.1, -0.05) is 74.0 Å². The molecule has 3 fully saturated rings. The average Bonchev–Trinajstić information content (AvgIpc) is 3.46. The highest BCUT2D eigenvalue weighted by molar-refractivity contribution is 7.16. The molecule has 4 atom stereocenters. The molecule has 33 heavy (non-hydrogen) atoms. The molecule has 1 aliphatic carbocycles. The van der Waals surface area contributed by atoms with Gasteiger partial charge in [-0.25, -0.2) is 0 Å². The molecule has 3 heterocycles. The highest BCUT2D eigenvalue weighted by atomic mass is 35.5. The number of likely N-dealkylation sites (tertiary alicyclic amines) is 1. The molecule has 4 unspecified atom stereocenters. The molecule has 0 spiro atoms. The molecular formula is C25H27ClN2O4S. The van der Waals surface area contributed by atoms with E-state index in [2.05, 4.69) is 5.32 Å². The summed E-state index contributed by atoms with van der Waals surface area (Å²) in [6.07, 6.45) is 5.59. The lowest BCUT2D eigenvalue weighted by atomic mass is 9.72. The van der Waals surface area contributed by atoms with Crippen molar-refractivity contribution in [2.45, 2.75) is 56.7 Å². The Bertz CT molecular complexity index is 1070. The maximum atomic E-state index is 13.7. The molecule has 1 aromatic heterocycles. The second-order valence-electron chi connectivity index (χ2n) is 9.50. The first-order chi connectivity index (χ1) is 15.9. The van der Waals surface area contributed by atoms with Gasteiger partial charge in [0.2, 0.25) is 11.8 Å². The number of amides is 2. The molecule has 2 saturated heterocycles. The Morgan fingerprint density at radius 1 is 1.09 bits per heavy atom. The van der Waals surface area contributed by atoms with Crippen molar-refractivity contribution in [1.82, 2.24) is 10.2 Å². The summed E-state index contributed by atoms with van der Waals surface area (Å²) in [5.41, 5.74) is -0.623. The van der Waals surface area contributed by atoms with E-state index < -0.39 is 29.4 Å². The highest BCUT2D eigenvalue weighted by Crippen LogP contribution is 2.53. The number of hydrogen-bond donors (Lipinski definition) is 2. The fourth-order valence-corrected chi connectivity index (χ4v) is 7.20. The number of carbonyl (C=O) groups is 3. The Labute approximate surface area is 201 Å². The van der Waals surface area contributed by atoms with Crippen LogP contribution in [0.5, 0.6) is 0 Å². The Balaban J connectivity index is 1.55. The number of fused-ring (bicyclic) bond motifs is 1. The van der Waals surface area contributed by atoms with Crippen LogP contribution in [-0.4, -0.2) is 33.3 Å². The van der Waals surface area contributed by atoms with Crippen molar-refractivity contribution in [3.8, 4) is 0 Å². The Kier molecular flexibility index (Phi) is 6.05. The van der Waals surface area contributed by atoms with Gasteiger partial charge < -0.3 is 5.11 Å². The van der Waals surface area contributed by atoms with E-state index in [1.165, 1.54) is 16.2 Å². The molecular weight excluding hydrogens is 460 g/mol. The minimum atomic E-state index is -1.47. The smallest absolute Gasteiger partial charge is 0.324 e. The van der Waals surface area contributed by atoms with E-state index in [4.69, 9.17) is 11.6 Å². The number of halogens is 1. The van der Waals surface area contributed by atoms with E-state index in [1.54, 1.807) is 6.07 Å². The number of imide groups is 1. The van der Waals surface area contributed by atoms with Gasteiger partial charge in [-0.2, -0.15) is 0 Å². The van der Waals surface area contributed by atoms with Crippen molar-refractivity contribution in [1.29, 1.82) is 0 Å². The number of carboxylic acid groups (broad SMARTS) is 1. The minimum Gasteiger partial charge on any atom is -0.480 e. The Morgan fingerprint density at radius 3 is 2.45 bits per heavy atom. The van der Waals surface area contributed by atoms with Gasteiger partial charge in [-0.05, 0) is 30.0 Å². The van der Waals surface area contributed by atoms with Gasteiger partial charge in [0.05, 0.1) is 28.8 Å². The van der Waals surface area contributed by atoms with Gasteiger partial charge in [0.25, 0.3) is 0 Å². The molecule has 0 bridgehead atoms. The average molecular weight is 487 g/mol. The second-order valence-corrected chi connectivity index (χ2v) is 11.2. The van der Waals surface area contributed by atoms with Crippen LogP contribution < -0.4 is 5.32 Å². The fourth-order valence-electron chi connectivity index (χ4n) is 6.04. The molecule has 2 N–H and O–H groups in total. The van der Waals surface area contributed by atoms with Crippen LogP contribution in [0.4, 0.5) is 0 Å². The Morgan fingerprint density at radius 2 is 1.82 bits per heavy atom. The zero-order chi connectivity index (χ0) is 23.2. The SMILES string of the molecule is O=C1C2C(c3ccc(Cl)s3)NC(CC3CCCCC3)(C(=O)O)C2C(=O)N1Cc1ccccc1. The van der Waals surface area contributed by atoms with Gasteiger partial charge >= 0.3 is 5.97 Å². The lowest BCUT2D eigenvalue weighted by Gasteiger charge is -2.35. The third-order valence-electron chi connectivity index (χ3n) is 7.55. The number of rotatable bonds is 6. The predicted molar refractivity (Wildman–Crippen MR) is 126 cm³/mol. The van der Waals surface area contributed by atoms with Gasteiger partial charge in [-0.15, -0.1) is 11.3 Å². The summed E-state index contributed by atoms with van der Waals surface area (Å²) in [6, 6.07) is 12.4. The van der Waals surface area contributed by atoms with Crippen LogP contribution in [0.1, 0.15) is 55.0 Å². The van der Waals surface area contributed by atoms with Crippen LogP contribution in [0, 0.1) is 17.8 Å². The summed E-state index contributed by atoms with van der Waals surface area (Å²) in [7, 11) is 0. The van der Waals surface area contributed by atoms with Crippen LogP contribution >= 0.6 is 22.9 Å². The summed E-state index contributed by atoms with van der Waals surface area (Å²) < 4.78 is 0.571. The maximum absolute atomic E-state index is 13.7. The molecule has 8 heteroatoms. The number of nitrogens with zero attached hydrogens (tertiary/aromatic N) is 1. The zero-order valence-electron chi connectivity index (χ0n) is 18.2. The monoisotopic (exact) mass is 486 g/mol. The van der Waals surface area contributed by atoms with Crippen LogP contribution in [0.3, 0.4) is 0 Å². The normalized spacial score (nSPS) is 30.1. The predicted octanol–water partition coefficient (Wildman–Crippen LogP) is 4.64. The third-order valence-corrected chi connectivity index (χ3v) is 8.86. The van der Waals surface area contributed by atoms with E-state index in [9.17, 15) is 19.5 Å². The summed E-state index contributed by atoms with van der Waals surface area (Å²) in [5, 5.41) is 13.8. The fraction of sp³-hybridized carbons (Fsp3) is 0.480. The first-order valence-corrected chi connectivity index (χ1v) is 12.8. The third kappa shape index (κ3) is 3.90. The minimum absolute atomic E-state index is 0.155. The van der Waals surface area contributed by atoms with Crippen molar-refractivity contribution < 1.29 is 19.5 Å². The molecule has 6 nitrogen and oxygen atoms in total. The van der Waals surface area contributed by atoms with Crippen LogP contribution in [0.2, 0.25) is 4.34 Å². The van der Waals surface area contributed by atoms with Crippen molar-refractivity contribution in [2.24, 2.45) is 17.8 Å². The number of carboxylic acids is 1. The van der Waals surface area contributed by atoms with Crippen molar-refractivity contribution >= 4 is 40.7 Å². The number of thiophene rings is 1. The quantitative estimate of drug-likeness (QED) is 0.581. The van der Waals surface area contributed by atoms with Crippen LogP contribution in [-0.2, 0) is 20.9 Å². The molecule has 0 radical (unpaired) electrons. The summed E-state index contributed by atoms with van der Waals surface area (Å²) >= 11 is 7.51. The van der Waals surface area contributed by atoms with E-state index >= 15 is 0 Å². The van der Waals surface area contributed by atoms with Crippen LogP contribution in [0.15, 0.2) is 42.5 Å². The van der Waals surface area contributed by atoms with Crippen molar-refractivity contribution in [3.63, 3.8) is 0 Å². The summed E-state index contributed by atoms with van der Waals surface area (Å²) in [6.45, 7) is 0.155. The van der Waals surface area contributed by atoms with Gasteiger partial charge in [0, 0.05) is 4.88 Å². The zero-order valence-corrected chi connectivity index (χ0v) is 19.8. The lowest BCUT2D eigenvalue weighted by molar-refractivity contribution is -0.152. The van der Waals surface area contributed by atoms with Gasteiger partial charge in [0.1, 0.15) is 5.54 Å². The molecule has 5 rings (SSSR count). The van der Waals surface area contributed by atoms with Crippen molar-refractivity contribution in [2.75, 3.05) is 0 Å². The first kappa shape index (κ1) is 22.6. The largest absolute Gasteiger partial charge is 0.480 e. The number of aliphatic carboxylic acids is 1. The van der Waals surface area contributed by atoms with E-state index in [-0.39, 0.29) is 24.3 Å². The highest BCUT2D eigenvalue weighted by Gasteiger charge is 2.68. The van der Waals surface area contributed by atoms with Crippen LogP contribution in [0.25, 0.3) is 0 Å². The summed E-state index contributed by atoms with van der Waals surface area (Å²) in [4.78, 5) is 42.3. The first-order valence-electron chi connectivity index (χ1n) is 11.6. The van der Waals surface area contributed by atoms with Gasteiger partial charge in [-0.3, -0.25) is 24.6 Å². The van der Waals surface area contributed by atoms with E-state index in [0.29, 0.717) is 10.8 Å². The topological polar surface area (TPSA) is 86.7 Å². The maximum Gasteiger partial charge on any atom is 0.324 e. The number of hydrogen-bond acceptors (Lipinski definition) is 5. The van der Waals surface area contributed by atoms with E-state index in [0.717, 1.165) is 42.5 Å².